The maximum absolute atomic E-state index is 10.4. The zero-order chi connectivity index (χ0) is 21.2. The van der Waals surface area contributed by atoms with E-state index >= 15 is 0 Å². The Morgan fingerprint density at radius 1 is 1.10 bits per heavy atom. The minimum atomic E-state index is -0.168. The molecule has 0 aromatic heterocycles. The highest BCUT2D eigenvalue weighted by Gasteiger charge is 2.50. The smallest absolute Gasteiger partial charge is 0.0605 e. The van der Waals surface area contributed by atoms with Gasteiger partial charge in [0.05, 0.1) is 12.2 Å². The standard InChI is InChI=1S/C27H46O2/c1-18(8-6-9-20(3)28)24-13-14-25-23(10-7-15-27(24,25)5)12-11-22-16-19(2)21(4)26(29)17-22/h11-12,18-21,24-26,28-29H,6-10,13-17H2,1-5H3/b22-11-,23-12+/t18-,19-,20-,21+,24?,25?,26-,27-/m1/s1. The lowest BCUT2D eigenvalue weighted by atomic mass is 9.60. The van der Waals surface area contributed by atoms with E-state index in [-0.39, 0.29) is 12.2 Å². The fourth-order valence-corrected chi connectivity index (χ4v) is 7.03. The molecule has 29 heavy (non-hydrogen) atoms. The summed E-state index contributed by atoms with van der Waals surface area (Å²) in [4.78, 5) is 0. The molecule has 0 spiro atoms. The van der Waals surface area contributed by atoms with Gasteiger partial charge in [0, 0.05) is 0 Å². The van der Waals surface area contributed by atoms with Gasteiger partial charge in [-0.1, -0.05) is 63.8 Å². The molecule has 0 aromatic rings. The lowest BCUT2D eigenvalue weighted by Gasteiger charge is -2.44. The quantitative estimate of drug-likeness (QED) is 0.521. The van der Waals surface area contributed by atoms with Gasteiger partial charge in [0.25, 0.3) is 0 Å². The van der Waals surface area contributed by atoms with Crippen molar-refractivity contribution in [3.05, 3.63) is 23.3 Å². The number of aliphatic hydroxyl groups is 2. The second-order valence-corrected chi connectivity index (χ2v) is 11.2. The van der Waals surface area contributed by atoms with Gasteiger partial charge in [-0.25, -0.2) is 0 Å². The number of rotatable bonds is 6. The van der Waals surface area contributed by atoms with Gasteiger partial charge in [-0.2, -0.15) is 0 Å². The third-order valence-corrected chi connectivity index (χ3v) is 9.10. The van der Waals surface area contributed by atoms with Crippen molar-refractivity contribution in [1.82, 2.24) is 0 Å². The Morgan fingerprint density at radius 3 is 2.55 bits per heavy atom. The van der Waals surface area contributed by atoms with Crippen molar-refractivity contribution in [3.63, 3.8) is 0 Å². The van der Waals surface area contributed by atoms with E-state index in [1.54, 1.807) is 5.57 Å². The van der Waals surface area contributed by atoms with Gasteiger partial charge < -0.3 is 10.2 Å². The van der Waals surface area contributed by atoms with Crippen molar-refractivity contribution < 1.29 is 10.2 Å². The van der Waals surface area contributed by atoms with Crippen LogP contribution in [0.1, 0.15) is 98.8 Å². The summed E-state index contributed by atoms with van der Waals surface area (Å²) in [7, 11) is 0. The molecule has 2 heteroatoms. The molecule has 3 aliphatic carbocycles. The van der Waals surface area contributed by atoms with Crippen LogP contribution in [0.3, 0.4) is 0 Å². The predicted molar refractivity (Wildman–Crippen MR) is 123 cm³/mol. The van der Waals surface area contributed by atoms with E-state index < -0.39 is 0 Å². The van der Waals surface area contributed by atoms with Crippen molar-refractivity contribution in [2.75, 3.05) is 0 Å². The Hall–Kier alpha value is -0.600. The first kappa shape index (κ1) is 23.1. The topological polar surface area (TPSA) is 40.5 Å². The zero-order valence-corrected chi connectivity index (χ0v) is 19.7. The predicted octanol–water partition coefficient (Wildman–Crippen LogP) is 6.67. The monoisotopic (exact) mass is 402 g/mol. The molecule has 3 rings (SSSR count). The largest absolute Gasteiger partial charge is 0.393 e. The summed E-state index contributed by atoms with van der Waals surface area (Å²) in [5.74, 6) is 3.34. The summed E-state index contributed by atoms with van der Waals surface area (Å²) in [6.45, 7) is 11.4. The summed E-state index contributed by atoms with van der Waals surface area (Å²) < 4.78 is 0. The minimum Gasteiger partial charge on any atom is -0.393 e. The summed E-state index contributed by atoms with van der Waals surface area (Å²) in [6.07, 6.45) is 16.6. The second kappa shape index (κ2) is 9.69. The number of hydrogen-bond acceptors (Lipinski definition) is 2. The fraction of sp³-hybridized carbons (Fsp3) is 0.852. The van der Waals surface area contributed by atoms with E-state index in [2.05, 4.69) is 39.8 Å². The molecule has 2 nitrogen and oxygen atoms in total. The molecule has 2 unspecified atom stereocenters. The molecule has 8 atom stereocenters. The molecule has 3 saturated carbocycles. The van der Waals surface area contributed by atoms with Crippen LogP contribution in [-0.4, -0.2) is 22.4 Å². The molecular weight excluding hydrogens is 356 g/mol. The average molecular weight is 403 g/mol. The molecule has 3 aliphatic rings. The maximum Gasteiger partial charge on any atom is 0.0605 e. The van der Waals surface area contributed by atoms with Crippen LogP contribution < -0.4 is 0 Å². The van der Waals surface area contributed by atoms with E-state index in [0.29, 0.717) is 17.3 Å². The van der Waals surface area contributed by atoms with Crippen LogP contribution in [0.2, 0.25) is 0 Å². The van der Waals surface area contributed by atoms with Crippen LogP contribution in [-0.2, 0) is 0 Å². The number of aliphatic hydroxyl groups excluding tert-OH is 2. The van der Waals surface area contributed by atoms with E-state index in [4.69, 9.17) is 0 Å². The normalized spacial score (nSPS) is 42.8. The van der Waals surface area contributed by atoms with Gasteiger partial charge in [0.2, 0.25) is 0 Å². The van der Waals surface area contributed by atoms with Crippen LogP contribution in [0.5, 0.6) is 0 Å². The van der Waals surface area contributed by atoms with Crippen molar-refractivity contribution in [1.29, 1.82) is 0 Å². The SMILES string of the molecule is C[C@H]1[C@H](C)C/C(=C/C=C2\CCC[C@@]3(C)C2CCC3[C@H](C)CCC[C@@H](C)O)C[C@H]1O. The Balaban J connectivity index is 1.68. The van der Waals surface area contributed by atoms with Crippen LogP contribution in [0.25, 0.3) is 0 Å². The van der Waals surface area contributed by atoms with Crippen LogP contribution in [0, 0.1) is 35.0 Å². The Kier molecular flexibility index (Phi) is 7.71. The fourth-order valence-electron chi connectivity index (χ4n) is 7.03. The molecule has 0 heterocycles. The van der Waals surface area contributed by atoms with Crippen LogP contribution in [0.15, 0.2) is 23.3 Å². The van der Waals surface area contributed by atoms with Crippen LogP contribution in [0.4, 0.5) is 0 Å². The molecular formula is C27H46O2. The number of hydrogen-bond donors (Lipinski definition) is 2. The average Bonchev–Trinajstić information content (AvgIpc) is 3.01. The highest BCUT2D eigenvalue weighted by atomic mass is 16.3. The molecule has 0 aliphatic heterocycles. The first-order valence-electron chi connectivity index (χ1n) is 12.5. The number of fused-ring (bicyclic) bond motifs is 1. The van der Waals surface area contributed by atoms with Gasteiger partial charge in [-0.05, 0) is 93.3 Å². The van der Waals surface area contributed by atoms with E-state index in [9.17, 15) is 10.2 Å². The van der Waals surface area contributed by atoms with Crippen molar-refractivity contribution in [2.45, 2.75) is 111 Å². The minimum absolute atomic E-state index is 0.157. The third-order valence-electron chi connectivity index (χ3n) is 9.10. The lowest BCUT2D eigenvalue weighted by Crippen LogP contribution is -2.36. The van der Waals surface area contributed by atoms with Crippen molar-refractivity contribution >= 4 is 0 Å². The highest BCUT2D eigenvalue weighted by Crippen LogP contribution is 2.59. The molecule has 0 saturated heterocycles. The highest BCUT2D eigenvalue weighted by molar-refractivity contribution is 5.26. The first-order valence-corrected chi connectivity index (χ1v) is 12.5. The second-order valence-electron chi connectivity index (χ2n) is 11.2. The molecule has 0 aromatic carbocycles. The van der Waals surface area contributed by atoms with Gasteiger partial charge in [-0.15, -0.1) is 0 Å². The summed E-state index contributed by atoms with van der Waals surface area (Å²) in [6, 6.07) is 0. The number of allylic oxidation sites excluding steroid dienone is 3. The van der Waals surface area contributed by atoms with Gasteiger partial charge in [-0.3, -0.25) is 0 Å². The zero-order valence-electron chi connectivity index (χ0n) is 19.7. The lowest BCUT2D eigenvalue weighted by molar-refractivity contribution is 0.0690. The Bertz CT molecular complexity index is 590. The van der Waals surface area contributed by atoms with Gasteiger partial charge >= 0.3 is 0 Å². The summed E-state index contributed by atoms with van der Waals surface area (Å²) >= 11 is 0. The maximum atomic E-state index is 10.4. The van der Waals surface area contributed by atoms with Gasteiger partial charge in [0.1, 0.15) is 0 Å². The van der Waals surface area contributed by atoms with E-state index in [1.165, 1.54) is 44.1 Å². The summed E-state index contributed by atoms with van der Waals surface area (Å²) in [5.41, 5.74) is 3.59. The molecule has 2 N–H and O–H groups in total. The summed E-state index contributed by atoms with van der Waals surface area (Å²) in [5, 5.41) is 20.0. The van der Waals surface area contributed by atoms with E-state index in [1.807, 2.05) is 6.92 Å². The molecule has 0 bridgehead atoms. The molecule has 166 valence electrons. The third kappa shape index (κ3) is 5.18. The Morgan fingerprint density at radius 2 is 1.86 bits per heavy atom. The Labute approximate surface area is 179 Å². The first-order chi connectivity index (χ1) is 13.7. The van der Waals surface area contributed by atoms with Crippen molar-refractivity contribution in [2.24, 2.45) is 35.0 Å². The molecule has 3 fully saturated rings. The molecule has 0 radical (unpaired) electrons. The van der Waals surface area contributed by atoms with E-state index in [0.717, 1.165) is 43.4 Å². The van der Waals surface area contributed by atoms with Gasteiger partial charge in [0.15, 0.2) is 0 Å². The molecule has 0 amide bonds. The van der Waals surface area contributed by atoms with Crippen LogP contribution >= 0.6 is 0 Å². The van der Waals surface area contributed by atoms with Crippen molar-refractivity contribution in [3.8, 4) is 0 Å².